The average molecular weight is 419 g/mol. The van der Waals surface area contributed by atoms with Gasteiger partial charge in [0.1, 0.15) is 0 Å². The summed E-state index contributed by atoms with van der Waals surface area (Å²) in [7, 11) is 0. The molecule has 31 heavy (non-hydrogen) atoms. The van der Waals surface area contributed by atoms with E-state index in [1.54, 1.807) is 0 Å². The van der Waals surface area contributed by atoms with Gasteiger partial charge in [-0.3, -0.25) is 19.3 Å². The van der Waals surface area contributed by atoms with Crippen molar-refractivity contribution in [2.45, 2.75) is 51.5 Å². The summed E-state index contributed by atoms with van der Waals surface area (Å²) in [6.45, 7) is 5.83. The van der Waals surface area contributed by atoms with Gasteiger partial charge in [0, 0.05) is 25.9 Å². The van der Waals surface area contributed by atoms with E-state index >= 15 is 0 Å². The Hall–Kier alpha value is -2.95. The quantitative estimate of drug-likeness (QED) is 0.693. The molecule has 0 radical (unpaired) electrons. The number of likely N-dealkylation sites (tertiary alicyclic amines) is 2. The molecule has 2 aromatic rings. The van der Waals surface area contributed by atoms with Crippen LogP contribution in [0, 0.1) is 12.8 Å². The molecule has 4 rings (SSSR count). The van der Waals surface area contributed by atoms with Gasteiger partial charge in [0.15, 0.2) is 0 Å². The van der Waals surface area contributed by atoms with Crippen molar-refractivity contribution in [1.29, 1.82) is 0 Å². The molecule has 0 aromatic heterocycles. The highest BCUT2D eigenvalue weighted by Crippen LogP contribution is 2.42. The molecule has 2 aliphatic heterocycles. The highest BCUT2D eigenvalue weighted by atomic mass is 16.2. The summed E-state index contributed by atoms with van der Waals surface area (Å²) in [5.41, 5.74) is 1.51. The number of aryl methyl sites for hydroxylation is 1. The molecular weight excluding hydrogens is 388 g/mol. The van der Waals surface area contributed by atoms with Gasteiger partial charge in [-0.15, -0.1) is 0 Å². The number of rotatable bonds is 5. The van der Waals surface area contributed by atoms with Crippen LogP contribution in [0.1, 0.15) is 49.3 Å². The van der Waals surface area contributed by atoms with E-state index in [4.69, 9.17) is 0 Å². The van der Waals surface area contributed by atoms with Gasteiger partial charge in [-0.05, 0) is 42.4 Å². The Morgan fingerprint density at radius 3 is 2.32 bits per heavy atom. The van der Waals surface area contributed by atoms with E-state index in [1.165, 1.54) is 4.90 Å². The Labute approximate surface area is 184 Å². The van der Waals surface area contributed by atoms with Gasteiger partial charge in [0.2, 0.25) is 17.7 Å². The van der Waals surface area contributed by atoms with Gasteiger partial charge in [-0.2, -0.15) is 0 Å². The van der Waals surface area contributed by atoms with E-state index in [2.05, 4.69) is 6.92 Å². The van der Waals surface area contributed by atoms with Crippen molar-refractivity contribution in [3.63, 3.8) is 0 Å². The molecule has 2 fully saturated rings. The lowest BCUT2D eigenvalue weighted by Gasteiger charge is -2.34. The van der Waals surface area contributed by atoms with E-state index in [1.807, 2.05) is 66.4 Å². The van der Waals surface area contributed by atoms with Crippen molar-refractivity contribution in [3.05, 3.63) is 71.3 Å². The van der Waals surface area contributed by atoms with Crippen LogP contribution >= 0.6 is 0 Å². The molecule has 2 heterocycles. The first kappa shape index (κ1) is 21.3. The molecular formula is C26H30N2O3. The fraction of sp³-hybridized carbons (Fsp3) is 0.423. The minimum atomic E-state index is -1.13. The third kappa shape index (κ3) is 4.14. The van der Waals surface area contributed by atoms with Crippen LogP contribution in [-0.4, -0.2) is 40.6 Å². The van der Waals surface area contributed by atoms with E-state index in [0.29, 0.717) is 5.92 Å². The normalized spacial score (nSPS) is 22.3. The number of amides is 3. The second kappa shape index (κ2) is 8.66. The maximum Gasteiger partial charge on any atom is 0.241 e. The Morgan fingerprint density at radius 1 is 1.00 bits per heavy atom. The van der Waals surface area contributed by atoms with Crippen molar-refractivity contribution in [2.24, 2.45) is 5.92 Å². The molecule has 0 aliphatic carbocycles. The fourth-order valence-corrected chi connectivity index (χ4v) is 4.91. The summed E-state index contributed by atoms with van der Waals surface area (Å²) in [5, 5.41) is 0. The Kier molecular flexibility index (Phi) is 5.94. The van der Waals surface area contributed by atoms with Gasteiger partial charge >= 0.3 is 0 Å². The predicted octanol–water partition coefficient (Wildman–Crippen LogP) is 3.84. The van der Waals surface area contributed by atoms with Crippen molar-refractivity contribution in [1.82, 2.24) is 9.80 Å². The maximum absolute atomic E-state index is 13.8. The lowest BCUT2D eigenvalue weighted by atomic mass is 9.73. The molecule has 0 unspecified atom stereocenters. The highest BCUT2D eigenvalue weighted by molar-refractivity contribution is 6.10. The number of benzene rings is 2. The van der Waals surface area contributed by atoms with Gasteiger partial charge in [0.25, 0.3) is 0 Å². The van der Waals surface area contributed by atoms with E-state index < -0.39 is 5.41 Å². The van der Waals surface area contributed by atoms with Crippen LogP contribution in [0.25, 0.3) is 0 Å². The van der Waals surface area contributed by atoms with Gasteiger partial charge in [-0.25, -0.2) is 0 Å². The number of carbonyl (C=O) groups is 3. The Morgan fingerprint density at radius 2 is 1.65 bits per heavy atom. The fourth-order valence-electron chi connectivity index (χ4n) is 4.91. The Balaban J connectivity index is 1.67. The van der Waals surface area contributed by atoms with Crippen molar-refractivity contribution >= 4 is 17.7 Å². The smallest absolute Gasteiger partial charge is 0.241 e. The van der Waals surface area contributed by atoms with Crippen LogP contribution in [0.3, 0.4) is 0 Å². The van der Waals surface area contributed by atoms with E-state index in [-0.39, 0.29) is 37.1 Å². The second-order valence-corrected chi connectivity index (χ2v) is 9.08. The van der Waals surface area contributed by atoms with E-state index in [0.717, 1.165) is 42.6 Å². The van der Waals surface area contributed by atoms with Crippen LogP contribution in [0.4, 0.5) is 0 Å². The topological polar surface area (TPSA) is 57.7 Å². The zero-order valence-electron chi connectivity index (χ0n) is 18.3. The highest BCUT2D eigenvalue weighted by Gasteiger charge is 2.54. The lowest BCUT2D eigenvalue weighted by molar-refractivity contribution is -0.143. The molecule has 2 aromatic carbocycles. The van der Waals surface area contributed by atoms with Crippen LogP contribution in [0.5, 0.6) is 0 Å². The SMILES string of the molecule is Cc1ccccc1[C@@]1(CC(=O)N2CCC(C)CC2)CC(=O)N(Cc2ccccc2)C1=O. The number of hydrogen-bond donors (Lipinski definition) is 0. The molecule has 2 saturated heterocycles. The first-order chi connectivity index (χ1) is 14.9. The number of hydrogen-bond acceptors (Lipinski definition) is 3. The first-order valence-corrected chi connectivity index (χ1v) is 11.1. The van der Waals surface area contributed by atoms with Crippen LogP contribution < -0.4 is 0 Å². The van der Waals surface area contributed by atoms with Crippen LogP contribution in [0.15, 0.2) is 54.6 Å². The number of carbonyl (C=O) groups excluding carboxylic acids is 3. The average Bonchev–Trinajstić information content (AvgIpc) is 3.00. The Bertz CT molecular complexity index is 979. The van der Waals surface area contributed by atoms with Crippen molar-refractivity contribution in [3.8, 4) is 0 Å². The molecule has 0 saturated carbocycles. The molecule has 0 N–H and O–H groups in total. The van der Waals surface area contributed by atoms with Crippen molar-refractivity contribution in [2.75, 3.05) is 13.1 Å². The molecule has 0 bridgehead atoms. The van der Waals surface area contributed by atoms with E-state index in [9.17, 15) is 14.4 Å². The summed E-state index contributed by atoms with van der Waals surface area (Å²) < 4.78 is 0. The van der Waals surface area contributed by atoms with Gasteiger partial charge in [0.05, 0.1) is 12.0 Å². The molecule has 2 aliphatic rings. The summed E-state index contributed by atoms with van der Waals surface area (Å²) in [6, 6.07) is 17.2. The molecule has 3 amide bonds. The first-order valence-electron chi connectivity index (χ1n) is 11.1. The van der Waals surface area contributed by atoms with Crippen LogP contribution in [-0.2, 0) is 26.3 Å². The molecule has 5 nitrogen and oxygen atoms in total. The predicted molar refractivity (Wildman–Crippen MR) is 119 cm³/mol. The minimum Gasteiger partial charge on any atom is -0.343 e. The van der Waals surface area contributed by atoms with Crippen LogP contribution in [0.2, 0.25) is 0 Å². The van der Waals surface area contributed by atoms with Gasteiger partial charge < -0.3 is 4.90 Å². The molecule has 1 atom stereocenters. The lowest BCUT2D eigenvalue weighted by Crippen LogP contribution is -2.45. The number of piperidine rings is 1. The number of imide groups is 1. The zero-order chi connectivity index (χ0) is 22.0. The standard InChI is InChI=1S/C26H30N2O3/c1-19-12-14-27(15-13-19)23(29)16-26(22-11-7-6-8-20(22)2)17-24(30)28(25(26)31)18-21-9-4-3-5-10-21/h3-11,19H,12-18H2,1-2H3/t26-/m1/s1. The summed E-state index contributed by atoms with van der Waals surface area (Å²) in [6.07, 6.45) is 2.05. The summed E-state index contributed by atoms with van der Waals surface area (Å²) in [5.74, 6) is 0.120. The minimum absolute atomic E-state index is 0.0298. The number of nitrogens with zero attached hydrogens (tertiary/aromatic N) is 2. The largest absolute Gasteiger partial charge is 0.343 e. The van der Waals surface area contributed by atoms with Crippen molar-refractivity contribution < 1.29 is 14.4 Å². The van der Waals surface area contributed by atoms with Gasteiger partial charge in [-0.1, -0.05) is 61.5 Å². The molecule has 5 heteroatoms. The third-order valence-corrected chi connectivity index (χ3v) is 6.84. The monoisotopic (exact) mass is 418 g/mol. The second-order valence-electron chi connectivity index (χ2n) is 9.08. The summed E-state index contributed by atoms with van der Waals surface area (Å²) >= 11 is 0. The third-order valence-electron chi connectivity index (χ3n) is 6.84. The molecule has 0 spiro atoms. The maximum atomic E-state index is 13.8. The summed E-state index contributed by atoms with van der Waals surface area (Å²) in [4.78, 5) is 43.4. The molecule has 162 valence electrons. The zero-order valence-corrected chi connectivity index (χ0v) is 18.3.